The summed E-state index contributed by atoms with van der Waals surface area (Å²) in [5.41, 5.74) is 0. The van der Waals surface area contributed by atoms with E-state index in [2.05, 4.69) is 20.1 Å². The highest BCUT2D eigenvalue weighted by Crippen LogP contribution is 2.39. The van der Waals surface area contributed by atoms with Gasteiger partial charge in [-0.2, -0.15) is 0 Å². The van der Waals surface area contributed by atoms with E-state index in [0.717, 1.165) is 23.8 Å². The fourth-order valence-corrected chi connectivity index (χ4v) is 3.67. The fourth-order valence-electron chi connectivity index (χ4n) is 2.65. The highest BCUT2D eigenvalue weighted by atomic mass is 35.5. The van der Waals surface area contributed by atoms with Gasteiger partial charge in [0.1, 0.15) is 12.4 Å². The van der Waals surface area contributed by atoms with Crippen molar-refractivity contribution in [2.45, 2.75) is 43.6 Å². The third kappa shape index (κ3) is 5.60. The molecule has 0 saturated heterocycles. The fraction of sp³-hybridized carbons (Fsp3) is 0.500. The summed E-state index contributed by atoms with van der Waals surface area (Å²) >= 11 is 7.52. The van der Waals surface area contributed by atoms with Crippen LogP contribution in [-0.2, 0) is 16.1 Å². The molecule has 1 aliphatic rings. The Hall–Kier alpha value is -1.77. The van der Waals surface area contributed by atoms with Crippen molar-refractivity contribution >= 4 is 29.3 Å². The number of thioether (sulfide) groups is 1. The van der Waals surface area contributed by atoms with Gasteiger partial charge in [0.2, 0.25) is 5.91 Å². The number of methoxy groups -OCH3 is 1. The van der Waals surface area contributed by atoms with Gasteiger partial charge in [-0.05, 0) is 31.9 Å². The zero-order chi connectivity index (χ0) is 19.2. The minimum Gasteiger partial charge on any atom is -0.484 e. The molecule has 0 bridgehead atoms. The normalized spacial score (nSPS) is 14.8. The number of benzene rings is 1. The van der Waals surface area contributed by atoms with Crippen LogP contribution in [0.4, 0.5) is 0 Å². The molecule has 7 nitrogen and oxygen atoms in total. The molecule has 1 aromatic carbocycles. The Morgan fingerprint density at radius 2 is 2.19 bits per heavy atom. The molecule has 3 rings (SSSR count). The van der Waals surface area contributed by atoms with Crippen molar-refractivity contribution in [3.63, 3.8) is 0 Å². The summed E-state index contributed by atoms with van der Waals surface area (Å²) in [6, 6.07) is 7.69. The first-order valence-electron chi connectivity index (χ1n) is 8.80. The molecule has 1 fully saturated rings. The Morgan fingerprint density at radius 1 is 1.41 bits per heavy atom. The molecule has 0 radical (unpaired) electrons. The molecule has 1 heterocycles. The van der Waals surface area contributed by atoms with Gasteiger partial charge in [0.05, 0.1) is 17.4 Å². The summed E-state index contributed by atoms with van der Waals surface area (Å²) in [5.74, 6) is 1.59. The zero-order valence-corrected chi connectivity index (χ0v) is 16.9. The zero-order valence-electron chi connectivity index (χ0n) is 15.4. The largest absolute Gasteiger partial charge is 0.484 e. The lowest BCUT2D eigenvalue weighted by atomic mass is 10.3. The maximum atomic E-state index is 12.1. The van der Waals surface area contributed by atoms with Crippen molar-refractivity contribution in [3.8, 4) is 5.75 Å². The Bertz CT molecular complexity index is 782. The lowest BCUT2D eigenvalue weighted by molar-refractivity contribution is -0.119. The molecule has 27 heavy (non-hydrogen) atoms. The highest BCUT2D eigenvalue weighted by Gasteiger charge is 2.30. The second-order valence-corrected chi connectivity index (χ2v) is 7.78. The average Bonchev–Trinajstić information content (AvgIpc) is 3.40. The van der Waals surface area contributed by atoms with Gasteiger partial charge < -0.3 is 14.8 Å². The molecular formula is C18H23ClN4O3S. The van der Waals surface area contributed by atoms with E-state index in [0.29, 0.717) is 23.4 Å². The smallest absolute Gasteiger partial charge is 0.230 e. The predicted octanol–water partition coefficient (Wildman–Crippen LogP) is 3.09. The summed E-state index contributed by atoms with van der Waals surface area (Å²) in [5, 5.41) is 12.7. The minimum atomic E-state index is -0.0521. The summed E-state index contributed by atoms with van der Waals surface area (Å²) in [6.07, 6.45) is 2.17. The van der Waals surface area contributed by atoms with Crippen LogP contribution in [-0.4, -0.2) is 46.2 Å². The van der Waals surface area contributed by atoms with E-state index in [1.54, 1.807) is 13.2 Å². The molecule has 9 heteroatoms. The van der Waals surface area contributed by atoms with Gasteiger partial charge in [-0.15, -0.1) is 10.2 Å². The van der Waals surface area contributed by atoms with Crippen molar-refractivity contribution < 1.29 is 14.3 Å². The standard InChI is InChI=1S/C18H23ClN4O3S/c1-12(9-25-2)20-17(24)11-27-18-22-21-16(23(18)13-7-8-13)10-26-15-6-4-3-5-14(15)19/h3-6,12-13H,7-11H2,1-2H3,(H,20,24). The van der Waals surface area contributed by atoms with Crippen LogP contribution in [0.1, 0.15) is 31.6 Å². The predicted molar refractivity (Wildman–Crippen MR) is 104 cm³/mol. The Labute approximate surface area is 167 Å². The number of amides is 1. The van der Waals surface area contributed by atoms with Crippen LogP contribution in [0, 0.1) is 0 Å². The van der Waals surface area contributed by atoms with E-state index in [4.69, 9.17) is 21.1 Å². The number of hydrogen-bond donors (Lipinski definition) is 1. The van der Waals surface area contributed by atoms with Crippen LogP contribution >= 0.6 is 23.4 Å². The Kier molecular flexibility index (Phi) is 6.98. The van der Waals surface area contributed by atoms with E-state index in [9.17, 15) is 4.79 Å². The SMILES string of the molecule is COCC(C)NC(=O)CSc1nnc(COc2ccccc2Cl)n1C1CC1. The van der Waals surface area contributed by atoms with Crippen molar-refractivity contribution in [1.82, 2.24) is 20.1 Å². The quantitative estimate of drug-likeness (QED) is 0.606. The van der Waals surface area contributed by atoms with Gasteiger partial charge in [0, 0.05) is 19.2 Å². The summed E-state index contributed by atoms with van der Waals surface area (Å²) in [7, 11) is 1.61. The van der Waals surface area contributed by atoms with E-state index < -0.39 is 0 Å². The van der Waals surface area contributed by atoms with Gasteiger partial charge in [-0.25, -0.2) is 0 Å². The van der Waals surface area contributed by atoms with Gasteiger partial charge in [0.15, 0.2) is 11.0 Å². The number of carbonyl (C=O) groups is 1. The number of carbonyl (C=O) groups excluding carboxylic acids is 1. The molecule has 1 amide bonds. The first-order chi connectivity index (χ1) is 13.1. The average molecular weight is 411 g/mol. The maximum Gasteiger partial charge on any atom is 0.230 e. The molecular weight excluding hydrogens is 388 g/mol. The number of hydrogen-bond acceptors (Lipinski definition) is 6. The van der Waals surface area contributed by atoms with Crippen LogP contribution in [0.25, 0.3) is 0 Å². The van der Waals surface area contributed by atoms with Gasteiger partial charge in [-0.1, -0.05) is 35.5 Å². The minimum absolute atomic E-state index is 0.0241. The van der Waals surface area contributed by atoms with Crippen LogP contribution in [0.5, 0.6) is 5.75 Å². The molecule has 1 saturated carbocycles. The van der Waals surface area contributed by atoms with Gasteiger partial charge >= 0.3 is 0 Å². The number of nitrogens with zero attached hydrogens (tertiary/aromatic N) is 3. The number of halogens is 1. The number of ether oxygens (including phenoxy) is 2. The third-order valence-corrected chi connectivity index (χ3v) is 5.25. The lowest BCUT2D eigenvalue weighted by Gasteiger charge is -2.13. The van der Waals surface area contributed by atoms with E-state index in [1.165, 1.54) is 11.8 Å². The first kappa shape index (κ1) is 20.0. The first-order valence-corrected chi connectivity index (χ1v) is 10.2. The Balaban J connectivity index is 1.60. The number of nitrogens with one attached hydrogen (secondary N) is 1. The van der Waals surface area contributed by atoms with E-state index in [-0.39, 0.29) is 24.3 Å². The number of para-hydroxylation sites is 1. The second kappa shape index (κ2) is 9.43. The molecule has 0 spiro atoms. The highest BCUT2D eigenvalue weighted by molar-refractivity contribution is 7.99. The molecule has 0 aliphatic heterocycles. The second-order valence-electron chi connectivity index (χ2n) is 6.43. The summed E-state index contributed by atoms with van der Waals surface area (Å²) < 4.78 is 12.9. The van der Waals surface area contributed by atoms with Crippen molar-refractivity contribution in [2.75, 3.05) is 19.5 Å². The molecule has 146 valence electrons. The molecule has 1 atom stereocenters. The van der Waals surface area contributed by atoms with Crippen LogP contribution in [0.15, 0.2) is 29.4 Å². The maximum absolute atomic E-state index is 12.1. The van der Waals surface area contributed by atoms with Crippen LogP contribution in [0.2, 0.25) is 5.02 Å². The molecule has 2 aromatic rings. The number of aromatic nitrogens is 3. The molecule has 1 N–H and O–H groups in total. The molecule has 1 unspecified atom stereocenters. The monoisotopic (exact) mass is 410 g/mol. The summed E-state index contributed by atoms with van der Waals surface area (Å²) in [4.78, 5) is 12.1. The van der Waals surface area contributed by atoms with Gasteiger partial charge in [-0.3, -0.25) is 9.36 Å². The summed E-state index contributed by atoms with van der Waals surface area (Å²) in [6.45, 7) is 2.67. The lowest BCUT2D eigenvalue weighted by Crippen LogP contribution is -2.36. The van der Waals surface area contributed by atoms with Crippen molar-refractivity contribution in [3.05, 3.63) is 35.1 Å². The Morgan fingerprint density at radius 3 is 2.89 bits per heavy atom. The van der Waals surface area contributed by atoms with E-state index >= 15 is 0 Å². The van der Waals surface area contributed by atoms with Crippen LogP contribution in [0.3, 0.4) is 0 Å². The van der Waals surface area contributed by atoms with Gasteiger partial charge in [0.25, 0.3) is 0 Å². The number of rotatable bonds is 10. The van der Waals surface area contributed by atoms with E-state index in [1.807, 2.05) is 25.1 Å². The van der Waals surface area contributed by atoms with Crippen molar-refractivity contribution in [1.29, 1.82) is 0 Å². The van der Waals surface area contributed by atoms with Crippen LogP contribution < -0.4 is 10.1 Å². The van der Waals surface area contributed by atoms with Crippen molar-refractivity contribution in [2.24, 2.45) is 0 Å². The molecule has 1 aliphatic carbocycles. The third-order valence-electron chi connectivity index (χ3n) is 4.00. The topological polar surface area (TPSA) is 78.3 Å². The molecule has 1 aromatic heterocycles.